The van der Waals surface area contributed by atoms with Crippen LogP contribution in [0.3, 0.4) is 0 Å². The number of rotatable bonds is 1. The molecule has 0 aliphatic carbocycles. The molecule has 1 aromatic heterocycles. The van der Waals surface area contributed by atoms with Crippen molar-refractivity contribution in [3.8, 4) is 0 Å². The molecule has 3 aromatic rings. The number of halogens is 2. The molecule has 0 spiro atoms. The SMILES string of the molecule is NC1=NC(c2ccc(Cl)c(Cl)c2)n2c(nc3ccccc32)N1. The fraction of sp³-hybridized carbons (Fsp3) is 0.0667. The Bertz CT molecular complexity index is 915. The van der Waals surface area contributed by atoms with Gasteiger partial charge in [0.05, 0.1) is 21.1 Å². The highest BCUT2D eigenvalue weighted by molar-refractivity contribution is 6.42. The van der Waals surface area contributed by atoms with Crippen LogP contribution in [0.5, 0.6) is 0 Å². The predicted octanol–water partition coefficient (Wildman–Crippen LogP) is 3.63. The summed E-state index contributed by atoms with van der Waals surface area (Å²) in [4.78, 5) is 9.04. The van der Waals surface area contributed by atoms with Crippen LogP contribution in [0.15, 0.2) is 47.5 Å². The monoisotopic (exact) mass is 331 g/mol. The molecule has 1 aliphatic rings. The van der Waals surface area contributed by atoms with Gasteiger partial charge in [0.15, 0.2) is 12.1 Å². The Morgan fingerprint density at radius 1 is 1.09 bits per heavy atom. The van der Waals surface area contributed by atoms with Gasteiger partial charge in [-0.05, 0) is 29.8 Å². The summed E-state index contributed by atoms with van der Waals surface area (Å²) in [6, 6.07) is 13.3. The Morgan fingerprint density at radius 3 is 2.73 bits per heavy atom. The van der Waals surface area contributed by atoms with Crippen molar-refractivity contribution in [2.75, 3.05) is 5.32 Å². The third-order valence-corrected chi connectivity index (χ3v) is 4.32. The molecule has 110 valence electrons. The maximum Gasteiger partial charge on any atom is 0.212 e. The summed E-state index contributed by atoms with van der Waals surface area (Å²) in [5.41, 5.74) is 8.63. The van der Waals surface area contributed by atoms with Crippen LogP contribution >= 0.6 is 23.2 Å². The Hall–Kier alpha value is -2.24. The molecule has 22 heavy (non-hydrogen) atoms. The first-order valence-corrected chi connectivity index (χ1v) is 7.41. The van der Waals surface area contributed by atoms with Gasteiger partial charge in [-0.3, -0.25) is 9.88 Å². The van der Waals surface area contributed by atoms with E-state index in [2.05, 4.69) is 15.3 Å². The number of aliphatic imine (C=N–C) groups is 1. The van der Waals surface area contributed by atoms with E-state index in [1.807, 2.05) is 34.9 Å². The highest BCUT2D eigenvalue weighted by atomic mass is 35.5. The lowest BCUT2D eigenvalue weighted by Crippen LogP contribution is -2.31. The number of fused-ring (bicyclic) bond motifs is 3. The maximum absolute atomic E-state index is 6.14. The summed E-state index contributed by atoms with van der Waals surface area (Å²) < 4.78 is 1.99. The van der Waals surface area contributed by atoms with Crippen LogP contribution in [0.4, 0.5) is 5.95 Å². The van der Waals surface area contributed by atoms with E-state index in [-0.39, 0.29) is 6.17 Å². The summed E-state index contributed by atoms with van der Waals surface area (Å²) in [5.74, 6) is 0.976. The van der Waals surface area contributed by atoms with Crippen LogP contribution in [0.2, 0.25) is 10.0 Å². The zero-order valence-corrected chi connectivity index (χ0v) is 12.8. The summed E-state index contributed by atoms with van der Waals surface area (Å²) in [6.45, 7) is 0. The van der Waals surface area contributed by atoms with Gasteiger partial charge in [0, 0.05) is 0 Å². The van der Waals surface area contributed by atoms with Crippen molar-refractivity contribution < 1.29 is 0 Å². The average molecular weight is 332 g/mol. The molecular weight excluding hydrogens is 321 g/mol. The number of guanidine groups is 1. The minimum atomic E-state index is -0.335. The Balaban J connectivity index is 1.96. The van der Waals surface area contributed by atoms with Crippen molar-refractivity contribution in [2.45, 2.75) is 6.17 Å². The van der Waals surface area contributed by atoms with E-state index in [1.165, 1.54) is 0 Å². The minimum Gasteiger partial charge on any atom is -0.370 e. The second kappa shape index (κ2) is 4.90. The molecule has 1 aliphatic heterocycles. The van der Waals surface area contributed by atoms with Gasteiger partial charge in [-0.1, -0.05) is 41.4 Å². The van der Waals surface area contributed by atoms with E-state index in [1.54, 1.807) is 12.1 Å². The van der Waals surface area contributed by atoms with E-state index in [0.717, 1.165) is 16.6 Å². The highest BCUT2D eigenvalue weighted by Crippen LogP contribution is 2.34. The second-order valence-electron chi connectivity index (χ2n) is 4.98. The average Bonchev–Trinajstić information content (AvgIpc) is 2.87. The quantitative estimate of drug-likeness (QED) is 0.715. The van der Waals surface area contributed by atoms with Gasteiger partial charge < -0.3 is 5.73 Å². The van der Waals surface area contributed by atoms with Crippen molar-refractivity contribution in [3.63, 3.8) is 0 Å². The topological polar surface area (TPSA) is 68.2 Å². The molecule has 1 atom stereocenters. The summed E-state index contributed by atoms with van der Waals surface area (Å²) in [7, 11) is 0. The fourth-order valence-corrected chi connectivity index (χ4v) is 2.92. The number of nitrogens with one attached hydrogen (secondary N) is 1. The van der Waals surface area contributed by atoms with E-state index in [4.69, 9.17) is 28.9 Å². The summed E-state index contributed by atoms with van der Waals surface area (Å²) >= 11 is 12.1. The molecule has 3 N–H and O–H groups in total. The van der Waals surface area contributed by atoms with Gasteiger partial charge in [-0.25, -0.2) is 9.98 Å². The van der Waals surface area contributed by atoms with Crippen molar-refractivity contribution in [3.05, 3.63) is 58.1 Å². The Morgan fingerprint density at radius 2 is 1.91 bits per heavy atom. The number of anilines is 1. The molecule has 0 saturated carbocycles. The normalized spacial score (nSPS) is 17.0. The first kappa shape index (κ1) is 13.4. The first-order valence-electron chi connectivity index (χ1n) is 6.66. The van der Waals surface area contributed by atoms with Crippen LogP contribution in [0.25, 0.3) is 11.0 Å². The predicted molar refractivity (Wildman–Crippen MR) is 89.6 cm³/mol. The molecule has 0 saturated heterocycles. The summed E-state index contributed by atoms with van der Waals surface area (Å²) in [5, 5.41) is 3.99. The Kier molecular flexibility index (Phi) is 2.99. The van der Waals surface area contributed by atoms with E-state index in [9.17, 15) is 0 Å². The lowest BCUT2D eigenvalue weighted by atomic mass is 10.1. The number of benzene rings is 2. The van der Waals surface area contributed by atoms with Crippen molar-refractivity contribution in [1.82, 2.24) is 9.55 Å². The van der Waals surface area contributed by atoms with Crippen LogP contribution in [0.1, 0.15) is 11.7 Å². The van der Waals surface area contributed by atoms with E-state index in [0.29, 0.717) is 22.0 Å². The maximum atomic E-state index is 6.14. The minimum absolute atomic E-state index is 0.318. The molecular formula is C15H11Cl2N5. The van der Waals surface area contributed by atoms with Gasteiger partial charge >= 0.3 is 0 Å². The number of nitrogens with two attached hydrogens (primary N) is 1. The molecule has 1 unspecified atom stereocenters. The van der Waals surface area contributed by atoms with Crippen molar-refractivity contribution in [1.29, 1.82) is 0 Å². The number of hydrogen-bond donors (Lipinski definition) is 2. The molecule has 0 radical (unpaired) electrons. The van der Waals surface area contributed by atoms with Crippen LogP contribution < -0.4 is 11.1 Å². The number of hydrogen-bond acceptors (Lipinski definition) is 4. The smallest absolute Gasteiger partial charge is 0.212 e. The molecule has 4 rings (SSSR count). The lowest BCUT2D eigenvalue weighted by molar-refractivity contribution is 0.626. The number of imidazole rings is 1. The van der Waals surface area contributed by atoms with Crippen LogP contribution in [0, 0.1) is 0 Å². The third kappa shape index (κ3) is 2.01. The zero-order valence-electron chi connectivity index (χ0n) is 11.3. The van der Waals surface area contributed by atoms with Crippen molar-refractivity contribution in [2.24, 2.45) is 10.7 Å². The molecule has 7 heteroatoms. The van der Waals surface area contributed by atoms with Gasteiger partial charge in [-0.2, -0.15) is 0 Å². The molecule has 0 fully saturated rings. The third-order valence-electron chi connectivity index (χ3n) is 3.58. The number of aromatic nitrogens is 2. The van der Waals surface area contributed by atoms with Crippen LogP contribution in [-0.4, -0.2) is 15.5 Å². The standard InChI is InChI=1S/C15H11Cl2N5/c16-9-6-5-8(7-10(9)17)13-20-14(18)21-15-19-11-3-1-2-4-12(11)22(13)15/h1-7,13H,(H3,18,19,20,21). The lowest BCUT2D eigenvalue weighted by Gasteiger charge is -2.24. The number of nitrogens with zero attached hydrogens (tertiary/aromatic N) is 3. The molecule has 0 bridgehead atoms. The molecule has 2 heterocycles. The zero-order chi connectivity index (χ0) is 15.3. The second-order valence-corrected chi connectivity index (χ2v) is 5.80. The molecule has 5 nitrogen and oxygen atoms in total. The molecule has 0 amide bonds. The Labute approximate surface area is 136 Å². The van der Waals surface area contributed by atoms with Gasteiger partial charge in [0.1, 0.15) is 0 Å². The summed E-state index contributed by atoms with van der Waals surface area (Å²) in [6.07, 6.45) is -0.335. The largest absolute Gasteiger partial charge is 0.370 e. The first-order chi connectivity index (χ1) is 10.6. The fourth-order valence-electron chi connectivity index (χ4n) is 2.61. The van der Waals surface area contributed by atoms with E-state index < -0.39 is 0 Å². The highest BCUT2D eigenvalue weighted by Gasteiger charge is 2.25. The van der Waals surface area contributed by atoms with Crippen LogP contribution in [-0.2, 0) is 0 Å². The van der Waals surface area contributed by atoms with Gasteiger partial charge in [-0.15, -0.1) is 0 Å². The van der Waals surface area contributed by atoms with Gasteiger partial charge in [0.2, 0.25) is 5.95 Å². The molecule has 2 aromatic carbocycles. The number of para-hydroxylation sites is 2. The van der Waals surface area contributed by atoms with E-state index >= 15 is 0 Å². The van der Waals surface area contributed by atoms with Gasteiger partial charge in [0.25, 0.3) is 0 Å². The van der Waals surface area contributed by atoms with Crippen molar-refractivity contribution >= 4 is 46.1 Å².